The van der Waals surface area contributed by atoms with E-state index < -0.39 is 17.1 Å². The number of halogens is 1. The Morgan fingerprint density at radius 1 is 1.37 bits per heavy atom. The number of hydrogen-bond donors (Lipinski definition) is 0. The van der Waals surface area contributed by atoms with Crippen molar-refractivity contribution in [1.82, 2.24) is 0 Å². The van der Waals surface area contributed by atoms with E-state index >= 15 is 0 Å². The van der Waals surface area contributed by atoms with E-state index in [9.17, 15) is 9.59 Å². The molecule has 0 saturated heterocycles. The van der Waals surface area contributed by atoms with Gasteiger partial charge in [-0.15, -0.1) is 0 Å². The largest absolute Gasteiger partial charge is 0.469 e. The summed E-state index contributed by atoms with van der Waals surface area (Å²) in [4.78, 5) is 24.6. The van der Waals surface area contributed by atoms with Gasteiger partial charge in [0.15, 0.2) is 0 Å². The number of hydrogen-bond acceptors (Lipinski definition) is 5. The zero-order valence-corrected chi connectivity index (χ0v) is 12.9. The van der Waals surface area contributed by atoms with Crippen molar-refractivity contribution in [3.05, 3.63) is 10.6 Å². The van der Waals surface area contributed by atoms with Gasteiger partial charge < -0.3 is 14.2 Å². The lowest BCUT2D eigenvalue weighted by Gasteiger charge is -2.52. The summed E-state index contributed by atoms with van der Waals surface area (Å²) in [6.45, 7) is 1.75. The topological polar surface area (TPSA) is 61.8 Å². The molecule has 2 bridgehead atoms. The molecule has 0 spiro atoms. The number of esters is 1. The van der Waals surface area contributed by atoms with Gasteiger partial charge in [-0.2, -0.15) is 0 Å². The average Bonchev–Trinajstić information content (AvgIpc) is 2.41. The van der Waals surface area contributed by atoms with Gasteiger partial charge in [-0.3, -0.25) is 9.59 Å². The summed E-state index contributed by atoms with van der Waals surface area (Å²) in [5, 5.41) is 0. The molecule has 0 unspecified atom stereocenters. The second-order valence-electron chi connectivity index (χ2n) is 5.13. The van der Waals surface area contributed by atoms with Gasteiger partial charge in [0.1, 0.15) is 0 Å². The van der Waals surface area contributed by atoms with E-state index in [1.807, 2.05) is 0 Å². The molecule has 0 amide bonds. The smallest absolute Gasteiger partial charge is 0.312 e. The van der Waals surface area contributed by atoms with Crippen molar-refractivity contribution in [2.24, 2.45) is 17.3 Å². The molecular formula is C13H17BrO5. The minimum Gasteiger partial charge on any atom is -0.469 e. The number of fused-ring (bicyclic) bond motifs is 2. The van der Waals surface area contributed by atoms with Gasteiger partial charge in [-0.1, -0.05) is 22.0 Å². The molecule has 0 aliphatic heterocycles. The van der Waals surface area contributed by atoms with Crippen molar-refractivity contribution in [3.8, 4) is 0 Å². The first-order chi connectivity index (χ1) is 8.87. The molecule has 0 N–H and O–H groups in total. The monoisotopic (exact) mass is 332 g/mol. The summed E-state index contributed by atoms with van der Waals surface area (Å²) < 4.78 is 16.4. The summed E-state index contributed by atoms with van der Waals surface area (Å²) in [5.74, 6) is -2.88. The van der Waals surface area contributed by atoms with Crippen LogP contribution in [0.5, 0.6) is 0 Å². The zero-order chi connectivity index (χ0) is 14.4. The number of carbonyl (C=O) groups excluding carboxylic acids is 2. The molecule has 106 valence electrons. The van der Waals surface area contributed by atoms with E-state index in [2.05, 4.69) is 15.9 Å². The third-order valence-corrected chi connectivity index (χ3v) is 5.13. The molecule has 0 aromatic rings. The molecule has 3 aliphatic carbocycles. The molecule has 6 heteroatoms. The van der Waals surface area contributed by atoms with Gasteiger partial charge in [0.25, 0.3) is 0 Å². The number of ether oxygens (including phenoxy) is 3. The van der Waals surface area contributed by atoms with Gasteiger partial charge in [-0.05, 0) is 13.3 Å². The first kappa shape index (κ1) is 14.7. The van der Waals surface area contributed by atoms with Crippen LogP contribution in [0.25, 0.3) is 0 Å². The lowest BCUT2D eigenvalue weighted by Crippen LogP contribution is -2.64. The van der Waals surface area contributed by atoms with Crippen molar-refractivity contribution in [2.75, 3.05) is 21.3 Å². The predicted octanol–water partition coefficient (Wildman–Crippen LogP) is 1.65. The highest BCUT2D eigenvalue weighted by Crippen LogP contribution is 2.56. The third-order valence-electron chi connectivity index (χ3n) is 4.32. The summed E-state index contributed by atoms with van der Waals surface area (Å²) >= 11 is 3.45. The molecular weight excluding hydrogens is 316 g/mol. The fraction of sp³-hybridized carbons (Fsp3) is 0.692. The van der Waals surface area contributed by atoms with Crippen LogP contribution in [0.4, 0.5) is 0 Å². The van der Waals surface area contributed by atoms with Crippen LogP contribution < -0.4 is 0 Å². The molecule has 5 nitrogen and oxygen atoms in total. The highest BCUT2D eigenvalue weighted by atomic mass is 79.9. The standard InChI is InChI=1S/C13H17BrO5/c1-12(11(16)17-2)6-8-9(14)5-7(12)10(15)13(8,18-3)19-4/h5,7-8H,6H2,1-4H3/t7-,8+,12+/m1/s1. The minimum atomic E-state index is -1.31. The normalized spacial score (nSPS) is 36.1. The van der Waals surface area contributed by atoms with Crippen LogP contribution in [0.15, 0.2) is 10.6 Å². The second-order valence-corrected chi connectivity index (χ2v) is 6.05. The summed E-state index contributed by atoms with van der Waals surface area (Å²) in [7, 11) is 4.22. The van der Waals surface area contributed by atoms with Crippen molar-refractivity contribution in [1.29, 1.82) is 0 Å². The SMILES string of the molecule is COC(=O)[C@@]1(C)C[C@H]2C(Br)=C[C@@H]1C(=O)C2(OC)OC. The molecule has 0 radical (unpaired) electrons. The minimum absolute atomic E-state index is 0.232. The highest BCUT2D eigenvalue weighted by Gasteiger charge is 2.65. The van der Waals surface area contributed by atoms with Crippen molar-refractivity contribution >= 4 is 27.7 Å². The number of ketones is 1. The third kappa shape index (κ3) is 1.73. The van der Waals surface area contributed by atoms with Crippen LogP contribution in [-0.2, 0) is 23.8 Å². The number of carbonyl (C=O) groups is 2. The Labute approximate surface area is 120 Å². The first-order valence-electron chi connectivity index (χ1n) is 5.97. The van der Waals surface area contributed by atoms with Gasteiger partial charge >= 0.3 is 5.97 Å². The Bertz CT molecular complexity index is 454. The maximum absolute atomic E-state index is 12.6. The lowest BCUT2D eigenvalue weighted by molar-refractivity contribution is -0.247. The Kier molecular flexibility index (Phi) is 3.62. The van der Waals surface area contributed by atoms with Crippen LogP contribution in [0.3, 0.4) is 0 Å². The maximum atomic E-state index is 12.6. The van der Waals surface area contributed by atoms with E-state index in [-0.39, 0.29) is 17.7 Å². The molecule has 19 heavy (non-hydrogen) atoms. The Hall–Kier alpha value is -0.720. The summed E-state index contributed by atoms with van der Waals surface area (Å²) in [6.07, 6.45) is 2.21. The number of allylic oxidation sites excluding steroid dienone is 1. The second kappa shape index (κ2) is 4.68. The van der Waals surface area contributed by atoms with Crippen LogP contribution in [0.2, 0.25) is 0 Å². The van der Waals surface area contributed by atoms with Crippen molar-refractivity contribution in [2.45, 2.75) is 19.1 Å². The van der Waals surface area contributed by atoms with Gasteiger partial charge in [0.05, 0.1) is 24.4 Å². The van der Waals surface area contributed by atoms with Crippen LogP contribution in [-0.4, -0.2) is 38.9 Å². The van der Waals surface area contributed by atoms with E-state index in [1.54, 1.807) is 13.0 Å². The van der Waals surface area contributed by atoms with Crippen LogP contribution >= 0.6 is 15.9 Å². The summed E-state index contributed by atoms with van der Waals surface area (Å²) in [6, 6.07) is 0. The Balaban J connectivity index is 2.53. The van der Waals surface area contributed by atoms with Crippen molar-refractivity contribution in [3.63, 3.8) is 0 Å². The molecule has 3 aliphatic rings. The Morgan fingerprint density at radius 2 is 1.95 bits per heavy atom. The maximum Gasteiger partial charge on any atom is 0.312 e. The number of methoxy groups -OCH3 is 3. The fourth-order valence-corrected chi connectivity index (χ4v) is 3.92. The average molecular weight is 333 g/mol. The molecule has 1 fully saturated rings. The quantitative estimate of drug-likeness (QED) is 0.581. The predicted molar refractivity (Wildman–Crippen MR) is 70.5 cm³/mol. The fourth-order valence-electron chi connectivity index (χ4n) is 3.19. The lowest BCUT2D eigenvalue weighted by atomic mass is 9.57. The van der Waals surface area contributed by atoms with Gasteiger partial charge in [0.2, 0.25) is 11.6 Å². The molecule has 0 heterocycles. The van der Waals surface area contributed by atoms with Gasteiger partial charge in [0, 0.05) is 18.7 Å². The van der Waals surface area contributed by atoms with Gasteiger partial charge in [-0.25, -0.2) is 0 Å². The van der Waals surface area contributed by atoms with E-state index in [4.69, 9.17) is 14.2 Å². The van der Waals surface area contributed by atoms with Crippen LogP contribution in [0, 0.1) is 17.3 Å². The zero-order valence-electron chi connectivity index (χ0n) is 11.4. The van der Waals surface area contributed by atoms with Crippen LogP contribution in [0.1, 0.15) is 13.3 Å². The molecule has 0 aromatic heterocycles. The molecule has 0 aromatic carbocycles. The summed E-state index contributed by atoms with van der Waals surface area (Å²) in [5.41, 5.74) is -0.867. The van der Waals surface area contributed by atoms with E-state index in [0.29, 0.717) is 6.42 Å². The number of Topliss-reactive ketones (excluding diaryl/α,β-unsaturated/α-hetero) is 1. The molecule has 3 rings (SSSR count). The van der Waals surface area contributed by atoms with Crippen molar-refractivity contribution < 1.29 is 23.8 Å². The number of rotatable bonds is 3. The first-order valence-corrected chi connectivity index (χ1v) is 6.77. The molecule has 3 atom stereocenters. The van der Waals surface area contributed by atoms with E-state index in [0.717, 1.165) is 4.48 Å². The molecule has 1 saturated carbocycles. The van der Waals surface area contributed by atoms with E-state index in [1.165, 1.54) is 21.3 Å². The highest BCUT2D eigenvalue weighted by molar-refractivity contribution is 9.11. The Morgan fingerprint density at radius 3 is 2.42 bits per heavy atom.